The van der Waals surface area contributed by atoms with Crippen LogP contribution in [0, 0.1) is 0 Å². The van der Waals surface area contributed by atoms with Crippen molar-refractivity contribution in [3.8, 4) is 0 Å². The summed E-state index contributed by atoms with van der Waals surface area (Å²) in [6.07, 6.45) is 3.31. The van der Waals surface area contributed by atoms with Gasteiger partial charge in [0.25, 0.3) is 0 Å². The van der Waals surface area contributed by atoms with Crippen molar-refractivity contribution >= 4 is 15.9 Å². The molecule has 1 N–H and O–H groups in total. The first-order valence-electron chi connectivity index (χ1n) is 2.94. The van der Waals surface area contributed by atoms with E-state index in [1.54, 1.807) is 12.2 Å². The van der Waals surface area contributed by atoms with Crippen molar-refractivity contribution in [2.45, 2.75) is 13.8 Å². The molecule has 0 rings (SSSR count). The van der Waals surface area contributed by atoms with Crippen LogP contribution in [-0.2, 0) is 0 Å². The van der Waals surface area contributed by atoms with Crippen molar-refractivity contribution in [2.75, 3.05) is 0 Å². The Labute approximate surface area is 69.9 Å². The number of halogens is 1. The number of hydrogen-bond donors (Lipinski definition) is 1. The molecule has 0 unspecified atom stereocenters. The zero-order chi connectivity index (χ0) is 8.15. The predicted molar refractivity (Wildman–Crippen MR) is 48.2 cm³/mol. The second-order valence-corrected chi connectivity index (χ2v) is 2.95. The molecule has 0 aliphatic rings. The molecular weight excluding hydrogens is 192 g/mol. The molecule has 10 heavy (non-hydrogen) atoms. The largest absolute Gasteiger partial charge is 0.507 e. The van der Waals surface area contributed by atoms with Gasteiger partial charge in [0, 0.05) is 0 Å². The summed E-state index contributed by atoms with van der Waals surface area (Å²) < 4.78 is 0.669. The molecule has 0 spiro atoms. The molecule has 0 bridgehead atoms. The maximum absolute atomic E-state index is 9.24. The Morgan fingerprint density at radius 2 is 2.00 bits per heavy atom. The first-order valence-corrected chi connectivity index (χ1v) is 3.74. The highest BCUT2D eigenvalue weighted by molar-refractivity contribution is 9.11. The summed E-state index contributed by atoms with van der Waals surface area (Å²) in [6, 6.07) is 0. The molecule has 0 saturated carbocycles. The van der Waals surface area contributed by atoms with Gasteiger partial charge in [0.15, 0.2) is 0 Å². The molecule has 0 aromatic heterocycles. The molecule has 0 radical (unpaired) electrons. The molecule has 0 saturated heterocycles. The van der Waals surface area contributed by atoms with Crippen molar-refractivity contribution < 1.29 is 5.11 Å². The molecule has 56 valence electrons. The predicted octanol–water partition coefficient (Wildman–Crippen LogP) is 3.30. The van der Waals surface area contributed by atoms with Crippen molar-refractivity contribution in [1.29, 1.82) is 0 Å². The highest BCUT2D eigenvalue weighted by Crippen LogP contribution is 2.17. The Bertz CT molecular complexity index is 185. The van der Waals surface area contributed by atoms with Crippen molar-refractivity contribution in [3.63, 3.8) is 0 Å². The van der Waals surface area contributed by atoms with Gasteiger partial charge in [-0.15, -0.1) is 0 Å². The first-order chi connectivity index (χ1) is 4.59. The fourth-order valence-corrected chi connectivity index (χ4v) is 1.00. The molecule has 0 fully saturated rings. The molecule has 2 heteroatoms. The maximum atomic E-state index is 9.24. The van der Waals surface area contributed by atoms with Crippen LogP contribution < -0.4 is 0 Å². The van der Waals surface area contributed by atoms with Crippen LogP contribution in [0.25, 0.3) is 0 Å². The van der Waals surface area contributed by atoms with Crippen LogP contribution in [0.5, 0.6) is 0 Å². The highest BCUT2D eigenvalue weighted by Gasteiger charge is 1.97. The lowest BCUT2D eigenvalue weighted by Gasteiger charge is -1.98. The molecule has 0 heterocycles. The molecule has 0 aliphatic carbocycles. The number of rotatable bonds is 2. The summed E-state index contributed by atoms with van der Waals surface area (Å²) in [5.74, 6) is 0.278. The van der Waals surface area contributed by atoms with Crippen LogP contribution in [0.4, 0.5) is 0 Å². The summed E-state index contributed by atoms with van der Waals surface area (Å²) in [7, 11) is 0. The summed E-state index contributed by atoms with van der Waals surface area (Å²) in [5, 5.41) is 9.24. The van der Waals surface area contributed by atoms with Gasteiger partial charge in [-0.25, -0.2) is 0 Å². The molecule has 0 atom stereocenters. The molecule has 0 aromatic rings. The van der Waals surface area contributed by atoms with E-state index in [1.807, 2.05) is 13.8 Å². The van der Waals surface area contributed by atoms with E-state index in [9.17, 15) is 5.11 Å². The fourth-order valence-electron chi connectivity index (χ4n) is 0.421. The van der Waals surface area contributed by atoms with Crippen molar-refractivity contribution in [1.82, 2.24) is 0 Å². The first kappa shape index (κ1) is 9.50. The summed E-state index contributed by atoms with van der Waals surface area (Å²) in [5.41, 5.74) is 0.880. The number of aliphatic hydroxyl groups is 1. The second-order valence-electron chi connectivity index (χ2n) is 2.10. The van der Waals surface area contributed by atoms with Gasteiger partial charge in [-0.3, -0.25) is 0 Å². The van der Waals surface area contributed by atoms with Gasteiger partial charge in [0.05, 0.1) is 4.48 Å². The molecule has 0 amide bonds. The third-order valence-corrected chi connectivity index (χ3v) is 1.60. The fraction of sp³-hybridized carbons (Fsp3) is 0.250. The zero-order valence-electron chi connectivity index (χ0n) is 6.19. The van der Waals surface area contributed by atoms with Crippen LogP contribution in [0.1, 0.15) is 13.8 Å². The zero-order valence-corrected chi connectivity index (χ0v) is 7.77. The minimum absolute atomic E-state index is 0.278. The van der Waals surface area contributed by atoms with Crippen LogP contribution in [0.15, 0.2) is 34.5 Å². The lowest BCUT2D eigenvalue weighted by Crippen LogP contribution is -1.82. The Morgan fingerprint density at radius 3 is 2.30 bits per heavy atom. The quantitative estimate of drug-likeness (QED) is 0.539. The van der Waals surface area contributed by atoms with Gasteiger partial charge in [-0.1, -0.05) is 12.7 Å². The topological polar surface area (TPSA) is 20.2 Å². The molecule has 1 nitrogen and oxygen atoms in total. The third-order valence-electron chi connectivity index (χ3n) is 0.964. The van der Waals surface area contributed by atoms with E-state index in [0.29, 0.717) is 4.48 Å². The van der Waals surface area contributed by atoms with E-state index in [2.05, 4.69) is 22.5 Å². The number of hydrogen-bond acceptors (Lipinski definition) is 1. The van der Waals surface area contributed by atoms with Crippen LogP contribution in [-0.4, -0.2) is 5.11 Å². The Hall–Kier alpha value is -0.500. The second kappa shape index (κ2) is 4.34. The van der Waals surface area contributed by atoms with Gasteiger partial charge in [-0.05, 0) is 41.4 Å². The van der Waals surface area contributed by atoms with Gasteiger partial charge < -0.3 is 5.11 Å². The number of allylic oxidation sites excluding steroid dienone is 4. The Kier molecular flexibility index (Phi) is 4.12. The lowest BCUT2D eigenvalue weighted by molar-refractivity contribution is 0.424. The minimum atomic E-state index is 0.278. The summed E-state index contributed by atoms with van der Waals surface area (Å²) >= 11 is 3.19. The van der Waals surface area contributed by atoms with Crippen LogP contribution in [0.2, 0.25) is 0 Å². The van der Waals surface area contributed by atoms with Crippen LogP contribution in [0.3, 0.4) is 0 Å². The van der Waals surface area contributed by atoms with E-state index in [1.165, 1.54) is 0 Å². The highest BCUT2D eigenvalue weighted by atomic mass is 79.9. The van der Waals surface area contributed by atoms with E-state index < -0.39 is 0 Å². The van der Waals surface area contributed by atoms with Crippen molar-refractivity contribution in [2.24, 2.45) is 0 Å². The smallest absolute Gasteiger partial charge is 0.128 e. The van der Waals surface area contributed by atoms with Gasteiger partial charge in [0.1, 0.15) is 5.76 Å². The maximum Gasteiger partial charge on any atom is 0.128 e. The van der Waals surface area contributed by atoms with E-state index >= 15 is 0 Å². The van der Waals surface area contributed by atoms with E-state index in [0.717, 1.165) is 5.57 Å². The van der Waals surface area contributed by atoms with Crippen LogP contribution >= 0.6 is 15.9 Å². The SMILES string of the molecule is C=C/C=C(/Br)C(O)=C(C)C. The minimum Gasteiger partial charge on any atom is -0.507 e. The van der Waals surface area contributed by atoms with Gasteiger partial charge in [-0.2, -0.15) is 0 Å². The lowest BCUT2D eigenvalue weighted by atomic mass is 10.3. The molecular formula is C8H11BrO. The third kappa shape index (κ3) is 2.87. The number of aliphatic hydroxyl groups excluding tert-OH is 1. The van der Waals surface area contributed by atoms with Gasteiger partial charge in [0.2, 0.25) is 0 Å². The normalized spacial score (nSPS) is 10.9. The Morgan fingerprint density at radius 1 is 1.50 bits per heavy atom. The molecule has 0 aromatic carbocycles. The average molecular weight is 203 g/mol. The monoisotopic (exact) mass is 202 g/mol. The standard InChI is InChI=1S/C8H11BrO/c1-4-5-7(9)8(10)6(2)3/h4-5,10H,1H2,2-3H3/b7-5+. The summed E-state index contributed by atoms with van der Waals surface area (Å²) in [6.45, 7) is 7.18. The van der Waals surface area contributed by atoms with Crippen molar-refractivity contribution in [3.05, 3.63) is 34.5 Å². The van der Waals surface area contributed by atoms with E-state index in [4.69, 9.17) is 0 Å². The summed E-state index contributed by atoms with van der Waals surface area (Å²) in [4.78, 5) is 0. The molecule has 0 aliphatic heterocycles. The average Bonchev–Trinajstić information content (AvgIpc) is 1.87. The van der Waals surface area contributed by atoms with E-state index in [-0.39, 0.29) is 5.76 Å². The van der Waals surface area contributed by atoms with Gasteiger partial charge >= 0.3 is 0 Å². The Balaban J connectivity index is 4.51.